The van der Waals surface area contributed by atoms with Gasteiger partial charge >= 0.3 is 0 Å². The van der Waals surface area contributed by atoms with Crippen LogP contribution in [0.25, 0.3) is 11.1 Å². The summed E-state index contributed by atoms with van der Waals surface area (Å²) in [7, 11) is 0. The highest BCUT2D eigenvalue weighted by molar-refractivity contribution is 5.96. The van der Waals surface area contributed by atoms with Crippen molar-refractivity contribution < 1.29 is 9.21 Å². The minimum absolute atomic E-state index is 0.0226. The fraction of sp³-hybridized carbons (Fsp3) is 0.467. The number of oxazole rings is 1. The fourth-order valence-corrected chi connectivity index (χ4v) is 2.41. The van der Waals surface area contributed by atoms with E-state index in [4.69, 9.17) is 4.42 Å². The Kier molecular flexibility index (Phi) is 3.44. The summed E-state index contributed by atoms with van der Waals surface area (Å²) in [6, 6.07) is 5.49. The third kappa shape index (κ3) is 2.54. The molecule has 1 saturated heterocycles. The molecule has 3 rings (SSSR count). The van der Waals surface area contributed by atoms with Gasteiger partial charge in [-0.15, -0.1) is 0 Å². The summed E-state index contributed by atoms with van der Waals surface area (Å²) in [6.07, 6.45) is 1.95. The molecular formula is C15H19N3O2. The van der Waals surface area contributed by atoms with E-state index in [-0.39, 0.29) is 17.9 Å². The number of carbonyl (C=O) groups is 1. The number of carbonyl (C=O) groups excluding carboxylic acids is 1. The number of rotatable bonds is 3. The van der Waals surface area contributed by atoms with Crippen molar-refractivity contribution in [1.29, 1.82) is 0 Å². The smallest absolute Gasteiger partial charge is 0.241 e. The lowest BCUT2D eigenvalue weighted by Gasteiger charge is -2.10. The Labute approximate surface area is 117 Å². The quantitative estimate of drug-likeness (QED) is 0.902. The summed E-state index contributed by atoms with van der Waals surface area (Å²) in [5.74, 6) is 0.999. The number of anilines is 1. The van der Waals surface area contributed by atoms with E-state index in [1.54, 1.807) is 0 Å². The van der Waals surface area contributed by atoms with Gasteiger partial charge in [-0.25, -0.2) is 4.98 Å². The summed E-state index contributed by atoms with van der Waals surface area (Å²) in [6.45, 7) is 5.00. The van der Waals surface area contributed by atoms with Crippen molar-refractivity contribution in [2.45, 2.75) is 38.6 Å². The number of benzene rings is 1. The first-order valence-corrected chi connectivity index (χ1v) is 7.08. The first kappa shape index (κ1) is 13.1. The van der Waals surface area contributed by atoms with E-state index in [0.29, 0.717) is 0 Å². The SMILES string of the molecule is CC(C)c1nc2cc(NC(=O)[C@H]3CCCN3)ccc2o1. The van der Waals surface area contributed by atoms with E-state index in [1.165, 1.54) is 0 Å². The van der Waals surface area contributed by atoms with E-state index in [1.807, 2.05) is 32.0 Å². The van der Waals surface area contributed by atoms with Crippen LogP contribution in [-0.2, 0) is 4.79 Å². The molecule has 20 heavy (non-hydrogen) atoms. The number of fused-ring (bicyclic) bond motifs is 1. The molecule has 2 heterocycles. The van der Waals surface area contributed by atoms with Crippen molar-refractivity contribution in [2.24, 2.45) is 0 Å². The first-order chi connectivity index (χ1) is 9.63. The van der Waals surface area contributed by atoms with E-state index in [0.717, 1.165) is 42.1 Å². The van der Waals surface area contributed by atoms with Crippen LogP contribution in [0.2, 0.25) is 0 Å². The molecule has 2 aromatic rings. The second kappa shape index (κ2) is 5.25. The van der Waals surface area contributed by atoms with Gasteiger partial charge in [0.2, 0.25) is 5.91 Å². The zero-order valence-electron chi connectivity index (χ0n) is 11.8. The molecule has 0 bridgehead atoms. The van der Waals surface area contributed by atoms with E-state index < -0.39 is 0 Å². The zero-order chi connectivity index (χ0) is 14.1. The average molecular weight is 273 g/mol. The topological polar surface area (TPSA) is 67.2 Å². The van der Waals surface area contributed by atoms with Crippen LogP contribution in [0.1, 0.15) is 38.5 Å². The number of aromatic nitrogens is 1. The van der Waals surface area contributed by atoms with E-state index in [9.17, 15) is 4.79 Å². The van der Waals surface area contributed by atoms with Gasteiger partial charge in [0.1, 0.15) is 5.52 Å². The van der Waals surface area contributed by atoms with Crippen LogP contribution < -0.4 is 10.6 Å². The van der Waals surface area contributed by atoms with Gasteiger partial charge in [0.15, 0.2) is 11.5 Å². The van der Waals surface area contributed by atoms with Crippen molar-refractivity contribution >= 4 is 22.7 Å². The molecule has 2 N–H and O–H groups in total. The monoisotopic (exact) mass is 273 g/mol. The molecule has 1 atom stereocenters. The van der Waals surface area contributed by atoms with Crippen molar-refractivity contribution in [2.75, 3.05) is 11.9 Å². The number of amides is 1. The van der Waals surface area contributed by atoms with Gasteiger partial charge in [0.05, 0.1) is 6.04 Å². The molecule has 5 heteroatoms. The maximum absolute atomic E-state index is 12.0. The molecule has 1 aromatic heterocycles. The van der Waals surface area contributed by atoms with Crippen LogP contribution in [0.5, 0.6) is 0 Å². The normalized spacial score (nSPS) is 18.9. The highest BCUT2D eigenvalue weighted by atomic mass is 16.3. The van der Waals surface area contributed by atoms with Crippen LogP contribution in [-0.4, -0.2) is 23.5 Å². The summed E-state index contributed by atoms with van der Waals surface area (Å²) in [5, 5.41) is 6.12. The molecule has 0 spiro atoms. The molecule has 1 aliphatic heterocycles. The Bertz CT molecular complexity index is 627. The minimum Gasteiger partial charge on any atom is -0.440 e. The summed E-state index contributed by atoms with van der Waals surface area (Å²) in [4.78, 5) is 16.5. The van der Waals surface area contributed by atoms with Crippen LogP contribution >= 0.6 is 0 Å². The van der Waals surface area contributed by atoms with Crippen LogP contribution in [0.3, 0.4) is 0 Å². The second-order valence-corrected chi connectivity index (χ2v) is 5.53. The highest BCUT2D eigenvalue weighted by Crippen LogP contribution is 2.24. The maximum Gasteiger partial charge on any atom is 0.241 e. The average Bonchev–Trinajstić information content (AvgIpc) is 3.07. The fourth-order valence-electron chi connectivity index (χ4n) is 2.41. The third-order valence-electron chi connectivity index (χ3n) is 3.54. The molecule has 0 unspecified atom stereocenters. The number of hydrogen-bond acceptors (Lipinski definition) is 4. The van der Waals surface area contributed by atoms with Gasteiger partial charge in [0.25, 0.3) is 0 Å². The lowest BCUT2D eigenvalue weighted by molar-refractivity contribution is -0.117. The first-order valence-electron chi connectivity index (χ1n) is 7.08. The molecule has 1 amide bonds. The van der Waals surface area contributed by atoms with Gasteiger partial charge < -0.3 is 15.1 Å². The molecule has 5 nitrogen and oxygen atoms in total. The molecule has 1 aromatic carbocycles. The van der Waals surface area contributed by atoms with Gasteiger partial charge in [-0.2, -0.15) is 0 Å². The maximum atomic E-state index is 12.0. The van der Waals surface area contributed by atoms with Gasteiger partial charge in [-0.3, -0.25) is 4.79 Å². The van der Waals surface area contributed by atoms with Gasteiger partial charge in [-0.05, 0) is 37.6 Å². The number of hydrogen-bond donors (Lipinski definition) is 2. The Morgan fingerprint density at radius 1 is 1.50 bits per heavy atom. The zero-order valence-corrected chi connectivity index (χ0v) is 11.8. The van der Waals surface area contributed by atoms with Crippen molar-refractivity contribution in [3.63, 3.8) is 0 Å². The standard InChI is InChI=1S/C15H19N3O2/c1-9(2)15-18-12-8-10(5-6-13(12)20-15)17-14(19)11-4-3-7-16-11/h5-6,8-9,11,16H,3-4,7H2,1-2H3,(H,17,19)/t11-/m1/s1. The van der Waals surface area contributed by atoms with Crippen molar-refractivity contribution in [3.05, 3.63) is 24.1 Å². The molecule has 1 fully saturated rings. The van der Waals surface area contributed by atoms with Crippen molar-refractivity contribution in [3.8, 4) is 0 Å². The van der Waals surface area contributed by atoms with Crippen LogP contribution in [0, 0.1) is 0 Å². The predicted octanol–water partition coefficient (Wildman–Crippen LogP) is 2.64. The van der Waals surface area contributed by atoms with E-state index >= 15 is 0 Å². The summed E-state index contributed by atoms with van der Waals surface area (Å²) < 4.78 is 5.65. The third-order valence-corrected chi connectivity index (χ3v) is 3.54. The van der Waals surface area contributed by atoms with Crippen LogP contribution in [0.4, 0.5) is 5.69 Å². The van der Waals surface area contributed by atoms with Crippen molar-refractivity contribution in [1.82, 2.24) is 10.3 Å². The number of nitrogens with zero attached hydrogens (tertiary/aromatic N) is 1. The minimum atomic E-state index is -0.0748. The largest absolute Gasteiger partial charge is 0.440 e. The second-order valence-electron chi connectivity index (χ2n) is 5.53. The van der Waals surface area contributed by atoms with Gasteiger partial charge in [0, 0.05) is 11.6 Å². The molecule has 106 valence electrons. The van der Waals surface area contributed by atoms with E-state index in [2.05, 4.69) is 15.6 Å². The Balaban J connectivity index is 1.79. The Morgan fingerprint density at radius 3 is 3.05 bits per heavy atom. The lowest BCUT2D eigenvalue weighted by atomic mass is 10.2. The number of nitrogens with one attached hydrogen (secondary N) is 2. The molecule has 0 saturated carbocycles. The predicted molar refractivity (Wildman–Crippen MR) is 77.8 cm³/mol. The Morgan fingerprint density at radius 2 is 2.35 bits per heavy atom. The lowest BCUT2D eigenvalue weighted by Crippen LogP contribution is -2.35. The summed E-state index contributed by atoms with van der Waals surface area (Å²) in [5.41, 5.74) is 2.30. The molecule has 0 radical (unpaired) electrons. The highest BCUT2D eigenvalue weighted by Gasteiger charge is 2.22. The summed E-state index contributed by atoms with van der Waals surface area (Å²) >= 11 is 0. The Hall–Kier alpha value is -1.88. The molecular weight excluding hydrogens is 254 g/mol. The molecule has 1 aliphatic rings. The van der Waals surface area contributed by atoms with Gasteiger partial charge in [-0.1, -0.05) is 13.8 Å². The molecule has 0 aliphatic carbocycles. The van der Waals surface area contributed by atoms with Crippen LogP contribution in [0.15, 0.2) is 22.6 Å².